The van der Waals surface area contributed by atoms with Crippen LogP contribution in [0.2, 0.25) is 5.02 Å². The van der Waals surface area contributed by atoms with E-state index in [1.807, 2.05) is 18.2 Å². The minimum atomic E-state index is 0.279. The molecule has 0 amide bonds. The third kappa shape index (κ3) is 2.38. The largest absolute Gasteiger partial charge is 0.493 e. The van der Waals surface area contributed by atoms with Crippen LogP contribution < -0.4 is 14.8 Å². The van der Waals surface area contributed by atoms with Crippen molar-refractivity contribution in [2.45, 2.75) is 24.8 Å². The van der Waals surface area contributed by atoms with E-state index in [1.54, 1.807) is 14.2 Å². The smallest absolute Gasteiger partial charge is 0.164 e. The second-order valence-electron chi connectivity index (χ2n) is 6.57. The third-order valence-electron chi connectivity index (χ3n) is 5.41. The van der Waals surface area contributed by atoms with E-state index < -0.39 is 0 Å². The summed E-state index contributed by atoms with van der Waals surface area (Å²) in [5.41, 5.74) is 3.84. The summed E-state index contributed by atoms with van der Waals surface area (Å²) in [7, 11) is 3.42. The van der Waals surface area contributed by atoms with E-state index in [2.05, 4.69) is 23.5 Å². The quantitative estimate of drug-likeness (QED) is 0.887. The second-order valence-corrected chi connectivity index (χ2v) is 7.01. The molecule has 2 aromatic carbocycles. The lowest BCUT2D eigenvalue weighted by molar-refractivity contribution is 0.285. The molecule has 3 nitrogen and oxygen atoms in total. The van der Waals surface area contributed by atoms with Crippen LogP contribution in [0.25, 0.3) is 0 Å². The summed E-state index contributed by atoms with van der Waals surface area (Å²) in [5, 5.41) is 4.49. The Morgan fingerprint density at radius 1 is 1.12 bits per heavy atom. The zero-order valence-electron chi connectivity index (χ0n) is 14.0. The van der Waals surface area contributed by atoms with E-state index in [0.717, 1.165) is 23.1 Å². The van der Waals surface area contributed by atoms with Gasteiger partial charge in [0.15, 0.2) is 11.5 Å². The molecule has 4 heteroatoms. The van der Waals surface area contributed by atoms with Crippen LogP contribution in [0, 0.1) is 5.92 Å². The van der Waals surface area contributed by atoms with Gasteiger partial charge in [-0.15, -0.1) is 0 Å². The molecule has 1 saturated heterocycles. The summed E-state index contributed by atoms with van der Waals surface area (Å²) in [4.78, 5) is 0. The van der Waals surface area contributed by atoms with Crippen molar-refractivity contribution in [2.24, 2.45) is 5.92 Å². The molecule has 1 heterocycles. The highest BCUT2D eigenvalue weighted by Gasteiger charge is 2.44. The average molecular weight is 344 g/mol. The van der Waals surface area contributed by atoms with E-state index >= 15 is 0 Å². The number of methoxy groups -OCH3 is 2. The third-order valence-corrected chi connectivity index (χ3v) is 5.64. The Morgan fingerprint density at radius 2 is 2.00 bits per heavy atom. The Hall–Kier alpha value is -1.71. The first-order valence-electron chi connectivity index (χ1n) is 8.48. The van der Waals surface area contributed by atoms with Crippen molar-refractivity contribution in [2.75, 3.05) is 20.8 Å². The predicted molar refractivity (Wildman–Crippen MR) is 96.3 cm³/mol. The molecule has 0 saturated carbocycles. The lowest BCUT2D eigenvalue weighted by Gasteiger charge is -2.31. The number of hydrogen-bond donors (Lipinski definition) is 1. The van der Waals surface area contributed by atoms with Crippen LogP contribution in [0.3, 0.4) is 0 Å². The van der Waals surface area contributed by atoms with Gasteiger partial charge in [0.25, 0.3) is 0 Å². The summed E-state index contributed by atoms with van der Waals surface area (Å²) in [6.07, 6.45) is 2.40. The first kappa shape index (κ1) is 15.8. The molecule has 1 N–H and O–H groups in total. The van der Waals surface area contributed by atoms with Gasteiger partial charge in [-0.3, -0.25) is 0 Å². The molecule has 0 bridgehead atoms. The highest BCUT2D eigenvalue weighted by molar-refractivity contribution is 6.30. The Kier molecular flexibility index (Phi) is 4.15. The minimum absolute atomic E-state index is 0.279. The van der Waals surface area contributed by atoms with Crippen LogP contribution in [0.1, 0.15) is 41.5 Å². The molecule has 3 atom stereocenters. The number of fused-ring (bicyclic) bond motifs is 3. The lowest BCUT2D eigenvalue weighted by atomic mass is 9.80. The van der Waals surface area contributed by atoms with E-state index in [-0.39, 0.29) is 5.92 Å². The fraction of sp³-hybridized carbons (Fsp3) is 0.400. The van der Waals surface area contributed by atoms with E-state index in [1.165, 1.54) is 29.5 Å². The topological polar surface area (TPSA) is 30.5 Å². The van der Waals surface area contributed by atoms with Gasteiger partial charge in [0.1, 0.15) is 0 Å². The average Bonchev–Trinajstić information content (AvgIpc) is 2.95. The monoisotopic (exact) mass is 343 g/mol. The Balaban J connectivity index is 1.93. The van der Waals surface area contributed by atoms with Crippen LogP contribution in [0.15, 0.2) is 36.4 Å². The maximum absolute atomic E-state index is 6.29. The van der Waals surface area contributed by atoms with Crippen LogP contribution in [0.5, 0.6) is 11.5 Å². The molecular weight excluding hydrogens is 322 g/mol. The number of rotatable bonds is 3. The highest BCUT2D eigenvalue weighted by atomic mass is 35.5. The molecular formula is C20H22ClNO2. The molecule has 1 fully saturated rings. The standard InChI is InChI=1S/C20H22ClNO2/c1-23-16-9-8-15-18(20(16)24-2)17(12-5-3-6-13(21)11-12)14-7-4-10-22-19(14)15/h3,5-6,8-9,11,14,17,19,22H,4,7,10H2,1-2H3. The summed E-state index contributed by atoms with van der Waals surface area (Å²) in [6, 6.07) is 12.8. The molecule has 2 aliphatic rings. The zero-order chi connectivity index (χ0) is 16.7. The second kappa shape index (κ2) is 6.30. The van der Waals surface area contributed by atoms with E-state index in [4.69, 9.17) is 21.1 Å². The lowest BCUT2D eigenvalue weighted by Crippen LogP contribution is -2.32. The fourth-order valence-corrected chi connectivity index (χ4v) is 4.70. The normalized spacial score (nSPS) is 25.0. The van der Waals surface area contributed by atoms with Gasteiger partial charge in [-0.2, -0.15) is 0 Å². The Morgan fingerprint density at radius 3 is 2.75 bits per heavy atom. The number of halogens is 1. The molecule has 126 valence electrons. The van der Waals surface area contributed by atoms with Crippen molar-refractivity contribution >= 4 is 11.6 Å². The van der Waals surface area contributed by atoms with Gasteiger partial charge in [-0.05, 0) is 54.6 Å². The summed E-state index contributed by atoms with van der Waals surface area (Å²) in [5.74, 6) is 2.45. The van der Waals surface area contributed by atoms with Crippen molar-refractivity contribution < 1.29 is 9.47 Å². The van der Waals surface area contributed by atoms with Crippen molar-refractivity contribution in [1.29, 1.82) is 0 Å². The molecule has 2 aromatic rings. The van der Waals surface area contributed by atoms with Gasteiger partial charge in [-0.1, -0.05) is 29.8 Å². The zero-order valence-corrected chi connectivity index (χ0v) is 14.8. The summed E-state index contributed by atoms with van der Waals surface area (Å²) in [6.45, 7) is 1.07. The van der Waals surface area contributed by atoms with Crippen molar-refractivity contribution in [3.63, 3.8) is 0 Å². The molecule has 24 heavy (non-hydrogen) atoms. The SMILES string of the molecule is COc1ccc2c(c1OC)C(c1cccc(Cl)c1)C1CCCNC21. The molecule has 0 spiro atoms. The summed E-state index contributed by atoms with van der Waals surface area (Å²) >= 11 is 6.29. The minimum Gasteiger partial charge on any atom is -0.493 e. The number of benzene rings is 2. The number of piperidine rings is 1. The fourth-order valence-electron chi connectivity index (χ4n) is 4.50. The number of hydrogen-bond acceptors (Lipinski definition) is 3. The van der Waals surface area contributed by atoms with E-state index in [0.29, 0.717) is 12.0 Å². The van der Waals surface area contributed by atoms with Gasteiger partial charge in [-0.25, -0.2) is 0 Å². The van der Waals surface area contributed by atoms with Gasteiger partial charge in [0.2, 0.25) is 0 Å². The molecule has 1 aliphatic heterocycles. The first-order chi connectivity index (χ1) is 11.7. The number of ether oxygens (including phenoxy) is 2. The van der Waals surface area contributed by atoms with Gasteiger partial charge in [0.05, 0.1) is 14.2 Å². The predicted octanol–water partition coefficient (Wildman–Crippen LogP) is 4.54. The molecule has 0 radical (unpaired) electrons. The summed E-state index contributed by atoms with van der Waals surface area (Å²) < 4.78 is 11.3. The van der Waals surface area contributed by atoms with E-state index in [9.17, 15) is 0 Å². The van der Waals surface area contributed by atoms with Gasteiger partial charge < -0.3 is 14.8 Å². The Bertz CT molecular complexity index is 761. The highest BCUT2D eigenvalue weighted by Crippen LogP contribution is 2.56. The maximum Gasteiger partial charge on any atom is 0.164 e. The Labute approximate surface area is 147 Å². The molecule has 1 aliphatic carbocycles. The van der Waals surface area contributed by atoms with Crippen LogP contribution in [0.4, 0.5) is 0 Å². The first-order valence-corrected chi connectivity index (χ1v) is 8.86. The van der Waals surface area contributed by atoms with Crippen LogP contribution in [-0.2, 0) is 0 Å². The van der Waals surface area contributed by atoms with Gasteiger partial charge in [0, 0.05) is 22.5 Å². The van der Waals surface area contributed by atoms with Crippen molar-refractivity contribution in [3.05, 3.63) is 58.1 Å². The molecule has 0 aromatic heterocycles. The molecule has 3 unspecified atom stereocenters. The van der Waals surface area contributed by atoms with Crippen LogP contribution in [-0.4, -0.2) is 20.8 Å². The van der Waals surface area contributed by atoms with Crippen LogP contribution >= 0.6 is 11.6 Å². The van der Waals surface area contributed by atoms with Gasteiger partial charge >= 0.3 is 0 Å². The number of nitrogens with one attached hydrogen (secondary N) is 1. The maximum atomic E-state index is 6.29. The van der Waals surface area contributed by atoms with Crippen molar-refractivity contribution in [1.82, 2.24) is 5.32 Å². The van der Waals surface area contributed by atoms with Crippen molar-refractivity contribution in [3.8, 4) is 11.5 Å². The molecule has 4 rings (SSSR count).